The molecule has 0 aliphatic rings. The number of aryl methyl sites for hydroxylation is 2. The monoisotopic (exact) mass is 272 g/mol. The van der Waals surface area contributed by atoms with Crippen LogP contribution < -0.4 is 5.32 Å². The maximum Gasteiger partial charge on any atom is 0.275 e. The number of hydrogen-bond donors (Lipinski definition) is 1. The first-order chi connectivity index (χ1) is 9.47. The number of amides is 1. The van der Waals surface area contributed by atoms with Gasteiger partial charge in [0.25, 0.3) is 11.6 Å². The molecule has 0 saturated carbocycles. The summed E-state index contributed by atoms with van der Waals surface area (Å²) >= 11 is 0. The van der Waals surface area contributed by atoms with Crippen LogP contribution in [0.2, 0.25) is 0 Å². The van der Waals surface area contributed by atoms with Gasteiger partial charge in [-0.1, -0.05) is 6.07 Å². The third-order valence-corrected chi connectivity index (χ3v) is 2.69. The summed E-state index contributed by atoms with van der Waals surface area (Å²) in [6.45, 7) is 3.51. The predicted molar refractivity (Wildman–Crippen MR) is 72.6 cm³/mol. The van der Waals surface area contributed by atoms with Crippen molar-refractivity contribution < 1.29 is 9.72 Å². The molecule has 0 radical (unpaired) electrons. The topological polar surface area (TPSA) is 98.0 Å². The normalized spacial score (nSPS) is 10.1. The quantitative estimate of drug-likeness (QED) is 0.682. The molecular formula is C13H12N4O3. The number of carbonyl (C=O) groups excluding carboxylic acids is 1. The van der Waals surface area contributed by atoms with Gasteiger partial charge in [-0.2, -0.15) is 0 Å². The summed E-state index contributed by atoms with van der Waals surface area (Å²) in [5, 5.41) is 13.3. The Morgan fingerprint density at radius 1 is 1.25 bits per heavy atom. The van der Waals surface area contributed by atoms with Gasteiger partial charge in [0.15, 0.2) is 0 Å². The Balaban J connectivity index is 2.25. The number of non-ortho nitro benzene ring substituents is 1. The molecule has 0 atom stereocenters. The Morgan fingerprint density at radius 2 is 2.00 bits per heavy atom. The van der Waals surface area contributed by atoms with E-state index >= 15 is 0 Å². The van der Waals surface area contributed by atoms with E-state index < -0.39 is 10.8 Å². The molecule has 1 N–H and O–H groups in total. The number of rotatable bonds is 3. The highest BCUT2D eigenvalue weighted by Gasteiger charge is 2.13. The molecule has 1 heterocycles. The van der Waals surface area contributed by atoms with Crippen LogP contribution in [0.5, 0.6) is 0 Å². The molecule has 1 aromatic heterocycles. The minimum Gasteiger partial charge on any atom is -0.320 e. The SMILES string of the molecule is Cc1cnc(C(=O)Nc2cc([N+](=O)[O-])ccc2C)cn1. The summed E-state index contributed by atoms with van der Waals surface area (Å²) in [6.07, 6.45) is 2.84. The Hall–Kier alpha value is -2.83. The summed E-state index contributed by atoms with van der Waals surface area (Å²) in [5.74, 6) is -0.457. The van der Waals surface area contributed by atoms with Gasteiger partial charge in [0.1, 0.15) is 5.69 Å². The van der Waals surface area contributed by atoms with Gasteiger partial charge in [-0.05, 0) is 19.4 Å². The fraction of sp³-hybridized carbons (Fsp3) is 0.154. The lowest BCUT2D eigenvalue weighted by Gasteiger charge is -2.07. The fourth-order valence-corrected chi connectivity index (χ4v) is 1.55. The van der Waals surface area contributed by atoms with Gasteiger partial charge in [-0.15, -0.1) is 0 Å². The van der Waals surface area contributed by atoms with Crippen molar-refractivity contribution in [1.29, 1.82) is 0 Å². The van der Waals surface area contributed by atoms with Gasteiger partial charge in [0.2, 0.25) is 0 Å². The van der Waals surface area contributed by atoms with Gasteiger partial charge in [0.05, 0.1) is 22.5 Å². The number of anilines is 1. The van der Waals surface area contributed by atoms with Crippen molar-refractivity contribution >= 4 is 17.3 Å². The highest BCUT2D eigenvalue weighted by molar-refractivity contribution is 6.03. The first-order valence-electron chi connectivity index (χ1n) is 5.82. The van der Waals surface area contributed by atoms with E-state index in [1.165, 1.54) is 24.5 Å². The van der Waals surface area contributed by atoms with Crippen LogP contribution in [-0.4, -0.2) is 20.8 Å². The fourth-order valence-electron chi connectivity index (χ4n) is 1.55. The molecule has 0 aliphatic carbocycles. The second-order valence-corrected chi connectivity index (χ2v) is 4.25. The number of nitrogens with zero attached hydrogens (tertiary/aromatic N) is 3. The van der Waals surface area contributed by atoms with Crippen molar-refractivity contribution in [3.63, 3.8) is 0 Å². The maximum absolute atomic E-state index is 12.0. The van der Waals surface area contributed by atoms with Crippen LogP contribution in [0.4, 0.5) is 11.4 Å². The maximum atomic E-state index is 12.0. The van der Waals surface area contributed by atoms with Crippen LogP contribution in [0.15, 0.2) is 30.6 Å². The zero-order valence-corrected chi connectivity index (χ0v) is 11.0. The molecule has 0 bridgehead atoms. The zero-order valence-electron chi connectivity index (χ0n) is 11.0. The lowest BCUT2D eigenvalue weighted by atomic mass is 10.2. The average molecular weight is 272 g/mol. The summed E-state index contributed by atoms with van der Waals surface area (Å²) < 4.78 is 0. The number of nitrogens with one attached hydrogen (secondary N) is 1. The van der Waals surface area contributed by atoms with E-state index in [2.05, 4.69) is 15.3 Å². The third-order valence-electron chi connectivity index (χ3n) is 2.69. The first kappa shape index (κ1) is 13.6. The summed E-state index contributed by atoms with van der Waals surface area (Å²) in [6, 6.07) is 4.28. The van der Waals surface area contributed by atoms with Crippen LogP contribution in [0, 0.1) is 24.0 Å². The molecule has 102 valence electrons. The molecule has 20 heavy (non-hydrogen) atoms. The van der Waals surface area contributed by atoms with Gasteiger partial charge in [0, 0.05) is 18.3 Å². The highest BCUT2D eigenvalue weighted by Crippen LogP contribution is 2.22. The standard InChI is InChI=1S/C13H12N4O3/c1-8-3-4-10(17(19)20)5-11(8)16-13(18)12-7-14-9(2)6-15-12/h3-7H,1-2H3,(H,16,18). The van der Waals surface area contributed by atoms with Crippen LogP contribution in [0.25, 0.3) is 0 Å². The lowest BCUT2D eigenvalue weighted by molar-refractivity contribution is -0.384. The van der Waals surface area contributed by atoms with Gasteiger partial charge in [-0.25, -0.2) is 4.98 Å². The second-order valence-electron chi connectivity index (χ2n) is 4.25. The van der Waals surface area contributed by atoms with E-state index in [9.17, 15) is 14.9 Å². The Morgan fingerprint density at radius 3 is 2.60 bits per heavy atom. The second kappa shape index (κ2) is 5.43. The molecule has 0 unspecified atom stereocenters. The number of carbonyl (C=O) groups is 1. The van der Waals surface area contributed by atoms with Crippen molar-refractivity contribution in [3.8, 4) is 0 Å². The summed E-state index contributed by atoms with van der Waals surface area (Å²) in [5.41, 5.74) is 1.88. The molecule has 7 heteroatoms. The Kier molecular flexibility index (Phi) is 3.69. The van der Waals surface area contributed by atoms with Crippen LogP contribution in [0.3, 0.4) is 0 Å². The molecule has 1 aromatic carbocycles. The van der Waals surface area contributed by atoms with Crippen molar-refractivity contribution in [2.45, 2.75) is 13.8 Å². The van der Waals surface area contributed by atoms with Crippen LogP contribution in [0.1, 0.15) is 21.7 Å². The van der Waals surface area contributed by atoms with Gasteiger partial charge < -0.3 is 5.32 Å². The molecule has 0 aliphatic heterocycles. The zero-order chi connectivity index (χ0) is 14.7. The molecular weight excluding hydrogens is 260 g/mol. The van der Waals surface area contributed by atoms with Crippen molar-refractivity contribution in [3.05, 3.63) is 57.7 Å². The number of nitro benzene ring substituents is 1. The van der Waals surface area contributed by atoms with Crippen molar-refractivity contribution in [2.24, 2.45) is 0 Å². The smallest absolute Gasteiger partial charge is 0.275 e. The van der Waals surface area contributed by atoms with E-state index in [0.29, 0.717) is 11.4 Å². The molecule has 0 saturated heterocycles. The van der Waals surface area contributed by atoms with E-state index in [1.807, 2.05) is 0 Å². The molecule has 0 fully saturated rings. The van der Waals surface area contributed by atoms with Gasteiger partial charge >= 0.3 is 0 Å². The molecule has 7 nitrogen and oxygen atoms in total. The van der Waals surface area contributed by atoms with E-state index in [1.54, 1.807) is 19.9 Å². The van der Waals surface area contributed by atoms with Crippen molar-refractivity contribution in [2.75, 3.05) is 5.32 Å². The molecule has 0 spiro atoms. The lowest BCUT2D eigenvalue weighted by Crippen LogP contribution is -2.15. The van der Waals surface area contributed by atoms with Crippen LogP contribution >= 0.6 is 0 Å². The van der Waals surface area contributed by atoms with Gasteiger partial charge in [-0.3, -0.25) is 19.9 Å². The van der Waals surface area contributed by atoms with E-state index in [0.717, 1.165) is 5.56 Å². The van der Waals surface area contributed by atoms with E-state index in [-0.39, 0.29) is 11.4 Å². The molecule has 2 aromatic rings. The number of benzene rings is 1. The Labute approximate surface area is 114 Å². The predicted octanol–water partition coefficient (Wildman–Crippen LogP) is 2.25. The number of nitro groups is 1. The number of aromatic nitrogens is 2. The summed E-state index contributed by atoms with van der Waals surface area (Å²) in [7, 11) is 0. The molecule has 1 amide bonds. The first-order valence-corrected chi connectivity index (χ1v) is 5.82. The molecule has 2 rings (SSSR count). The minimum atomic E-state index is -0.513. The van der Waals surface area contributed by atoms with Crippen LogP contribution in [-0.2, 0) is 0 Å². The van der Waals surface area contributed by atoms with Crippen molar-refractivity contribution in [1.82, 2.24) is 9.97 Å². The summed E-state index contributed by atoms with van der Waals surface area (Å²) in [4.78, 5) is 30.1. The third kappa shape index (κ3) is 2.94. The minimum absolute atomic E-state index is 0.0825. The average Bonchev–Trinajstić information content (AvgIpc) is 2.41. The number of hydrogen-bond acceptors (Lipinski definition) is 5. The Bertz CT molecular complexity index is 668. The highest BCUT2D eigenvalue weighted by atomic mass is 16.6. The van der Waals surface area contributed by atoms with E-state index in [4.69, 9.17) is 0 Å². The largest absolute Gasteiger partial charge is 0.320 e.